The fourth-order valence-corrected chi connectivity index (χ4v) is 3.45. The second-order valence-corrected chi connectivity index (χ2v) is 8.46. The highest BCUT2D eigenvalue weighted by molar-refractivity contribution is 7.14. The van der Waals surface area contributed by atoms with E-state index in [0.717, 1.165) is 0 Å². The number of amides is 3. The van der Waals surface area contributed by atoms with Crippen LogP contribution in [0, 0.1) is 0 Å². The Labute approximate surface area is 172 Å². The molecule has 0 unspecified atom stereocenters. The van der Waals surface area contributed by atoms with Crippen LogP contribution in [0.1, 0.15) is 37.0 Å². The number of thiazole rings is 1. The van der Waals surface area contributed by atoms with Crippen LogP contribution in [0.25, 0.3) is 0 Å². The second kappa shape index (κ2) is 8.64. The molecule has 29 heavy (non-hydrogen) atoms. The average molecular weight is 420 g/mol. The number of piperazine rings is 1. The van der Waals surface area contributed by atoms with Crippen LogP contribution in [0.5, 0.6) is 0 Å². The summed E-state index contributed by atoms with van der Waals surface area (Å²) in [4.78, 5) is 44.2. The molecule has 1 saturated heterocycles. The van der Waals surface area contributed by atoms with Crippen molar-refractivity contribution in [1.82, 2.24) is 14.8 Å². The van der Waals surface area contributed by atoms with Gasteiger partial charge in [-0.3, -0.25) is 14.9 Å². The summed E-state index contributed by atoms with van der Waals surface area (Å²) in [5, 5.41) is 4.80. The molecule has 1 fully saturated rings. The SMILES string of the molecule is CC(C)(C)OC(=O)N1CCN(C(=O)Cc2csc(NC(=O)c3ccco3)n2)CC1. The zero-order valence-electron chi connectivity index (χ0n) is 16.6. The number of carbonyl (C=O) groups is 3. The summed E-state index contributed by atoms with van der Waals surface area (Å²) in [5.74, 6) is -0.260. The summed E-state index contributed by atoms with van der Waals surface area (Å²) >= 11 is 1.25. The van der Waals surface area contributed by atoms with E-state index >= 15 is 0 Å². The summed E-state index contributed by atoms with van der Waals surface area (Å²) < 4.78 is 10.4. The van der Waals surface area contributed by atoms with E-state index in [9.17, 15) is 14.4 Å². The predicted octanol–water partition coefficient (Wildman–Crippen LogP) is 2.61. The molecule has 0 atom stereocenters. The van der Waals surface area contributed by atoms with Crippen molar-refractivity contribution < 1.29 is 23.5 Å². The third-order valence-electron chi connectivity index (χ3n) is 4.13. The average Bonchev–Trinajstić information content (AvgIpc) is 3.32. The summed E-state index contributed by atoms with van der Waals surface area (Å²) in [6.07, 6.45) is 1.20. The van der Waals surface area contributed by atoms with Gasteiger partial charge in [-0.25, -0.2) is 9.78 Å². The van der Waals surface area contributed by atoms with Crippen molar-refractivity contribution in [3.8, 4) is 0 Å². The number of carbonyl (C=O) groups excluding carboxylic acids is 3. The number of anilines is 1. The predicted molar refractivity (Wildman–Crippen MR) is 107 cm³/mol. The molecule has 3 amide bonds. The molecule has 2 aromatic rings. The van der Waals surface area contributed by atoms with Crippen LogP contribution in [0.2, 0.25) is 0 Å². The molecule has 0 spiro atoms. The third kappa shape index (κ3) is 5.80. The van der Waals surface area contributed by atoms with Crippen molar-refractivity contribution in [2.75, 3.05) is 31.5 Å². The normalized spacial score (nSPS) is 14.6. The van der Waals surface area contributed by atoms with E-state index in [4.69, 9.17) is 9.15 Å². The van der Waals surface area contributed by atoms with Gasteiger partial charge in [0.1, 0.15) is 5.60 Å². The first-order chi connectivity index (χ1) is 13.7. The summed E-state index contributed by atoms with van der Waals surface area (Å²) in [7, 11) is 0. The van der Waals surface area contributed by atoms with Gasteiger partial charge in [0.15, 0.2) is 10.9 Å². The molecule has 156 valence electrons. The van der Waals surface area contributed by atoms with Crippen LogP contribution in [0.15, 0.2) is 28.2 Å². The molecule has 0 aromatic carbocycles. The number of nitrogens with zero attached hydrogens (tertiary/aromatic N) is 3. The van der Waals surface area contributed by atoms with E-state index in [1.807, 2.05) is 20.8 Å². The first-order valence-corrected chi connectivity index (χ1v) is 10.1. The number of rotatable bonds is 4. The van der Waals surface area contributed by atoms with Crippen LogP contribution in [0.3, 0.4) is 0 Å². The quantitative estimate of drug-likeness (QED) is 0.815. The molecule has 0 aliphatic carbocycles. The Morgan fingerprint density at radius 1 is 1.21 bits per heavy atom. The fraction of sp³-hybridized carbons (Fsp3) is 0.474. The Hall–Kier alpha value is -2.88. The van der Waals surface area contributed by atoms with Crippen molar-refractivity contribution in [3.05, 3.63) is 35.2 Å². The molecule has 2 aromatic heterocycles. The monoisotopic (exact) mass is 420 g/mol. The van der Waals surface area contributed by atoms with Gasteiger partial charge in [-0.05, 0) is 32.9 Å². The first kappa shape index (κ1) is 20.8. The highest BCUT2D eigenvalue weighted by Gasteiger charge is 2.28. The molecular formula is C19H24N4O5S. The Bertz CT molecular complexity index is 864. The summed E-state index contributed by atoms with van der Waals surface area (Å²) in [6.45, 7) is 7.23. The Morgan fingerprint density at radius 3 is 2.52 bits per heavy atom. The number of nitrogens with one attached hydrogen (secondary N) is 1. The molecule has 0 radical (unpaired) electrons. The lowest BCUT2D eigenvalue weighted by Crippen LogP contribution is -2.52. The van der Waals surface area contributed by atoms with Crippen LogP contribution < -0.4 is 5.32 Å². The topological polar surface area (TPSA) is 105 Å². The molecule has 0 saturated carbocycles. The minimum Gasteiger partial charge on any atom is -0.459 e. The molecule has 10 heteroatoms. The Morgan fingerprint density at radius 2 is 1.90 bits per heavy atom. The smallest absolute Gasteiger partial charge is 0.410 e. The maximum absolute atomic E-state index is 12.5. The van der Waals surface area contributed by atoms with Gasteiger partial charge in [-0.2, -0.15) is 0 Å². The lowest BCUT2D eigenvalue weighted by Gasteiger charge is -2.35. The van der Waals surface area contributed by atoms with E-state index in [-0.39, 0.29) is 30.1 Å². The zero-order chi connectivity index (χ0) is 21.0. The van der Waals surface area contributed by atoms with Crippen LogP contribution >= 0.6 is 11.3 Å². The van der Waals surface area contributed by atoms with E-state index in [1.54, 1.807) is 27.3 Å². The van der Waals surface area contributed by atoms with Crippen molar-refractivity contribution >= 4 is 34.4 Å². The van der Waals surface area contributed by atoms with Crippen molar-refractivity contribution in [3.63, 3.8) is 0 Å². The maximum Gasteiger partial charge on any atom is 0.410 e. The highest BCUT2D eigenvalue weighted by Crippen LogP contribution is 2.18. The number of hydrogen-bond donors (Lipinski definition) is 1. The molecule has 1 aliphatic rings. The van der Waals surface area contributed by atoms with Crippen LogP contribution in [0.4, 0.5) is 9.93 Å². The van der Waals surface area contributed by atoms with Crippen molar-refractivity contribution in [1.29, 1.82) is 0 Å². The summed E-state index contributed by atoms with van der Waals surface area (Å²) in [6, 6.07) is 3.19. The molecular weight excluding hydrogens is 396 g/mol. The van der Waals surface area contributed by atoms with Gasteiger partial charge in [-0.1, -0.05) is 0 Å². The number of hydrogen-bond acceptors (Lipinski definition) is 7. The van der Waals surface area contributed by atoms with E-state index < -0.39 is 5.60 Å². The van der Waals surface area contributed by atoms with Gasteiger partial charge in [0.25, 0.3) is 5.91 Å². The van der Waals surface area contributed by atoms with Crippen LogP contribution in [-0.2, 0) is 16.0 Å². The fourth-order valence-electron chi connectivity index (χ4n) is 2.74. The van der Waals surface area contributed by atoms with Gasteiger partial charge in [0.2, 0.25) is 5.91 Å². The number of ether oxygens (including phenoxy) is 1. The maximum atomic E-state index is 12.5. The van der Waals surface area contributed by atoms with Gasteiger partial charge in [0, 0.05) is 31.6 Å². The minimum atomic E-state index is -0.543. The van der Waals surface area contributed by atoms with Gasteiger partial charge < -0.3 is 19.0 Å². The van der Waals surface area contributed by atoms with Gasteiger partial charge in [0.05, 0.1) is 18.4 Å². The molecule has 3 rings (SSSR count). The zero-order valence-corrected chi connectivity index (χ0v) is 17.5. The first-order valence-electron chi connectivity index (χ1n) is 9.26. The van der Waals surface area contributed by atoms with Gasteiger partial charge in [-0.15, -0.1) is 11.3 Å². The highest BCUT2D eigenvalue weighted by atomic mass is 32.1. The van der Waals surface area contributed by atoms with Gasteiger partial charge >= 0.3 is 6.09 Å². The third-order valence-corrected chi connectivity index (χ3v) is 4.94. The summed E-state index contributed by atoms with van der Waals surface area (Å²) in [5.41, 5.74) is 0.0444. The molecule has 1 aliphatic heterocycles. The van der Waals surface area contributed by atoms with E-state index in [2.05, 4.69) is 10.3 Å². The van der Waals surface area contributed by atoms with E-state index in [0.29, 0.717) is 37.0 Å². The van der Waals surface area contributed by atoms with E-state index in [1.165, 1.54) is 17.6 Å². The minimum absolute atomic E-state index is 0.0666. The Kier molecular flexibility index (Phi) is 6.21. The second-order valence-electron chi connectivity index (χ2n) is 7.60. The molecule has 9 nitrogen and oxygen atoms in total. The van der Waals surface area contributed by atoms with Crippen molar-refractivity contribution in [2.24, 2.45) is 0 Å². The van der Waals surface area contributed by atoms with Crippen LogP contribution in [-0.4, -0.2) is 64.5 Å². The number of furan rings is 1. The lowest BCUT2D eigenvalue weighted by molar-refractivity contribution is -0.132. The number of aromatic nitrogens is 1. The molecule has 1 N–H and O–H groups in total. The molecule has 3 heterocycles. The Balaban J connectivity index is 1.47. The lowest BCUT2D eigenvalue weighted by atomic mass is 10.2. The largest absolute Gasteiger partial charge is 0.459 e. The van der Waals surface area contributed by atoms with Crippen molar-refractivity contribution in [2.45, 2.75) is 32.8 Å². The standard InChI is InChI=1S/C19H24N4O5S/c1-19(2,3)28-18(26)23-8-6-22(7-9-23)15(24)11-13-12-29-17(20-13)21-16(25)14-5-4-10-27-14/h4-5,10,12H,6-9,11H2,1-3H3,(H,20,21,25). The molecule has 0 bridgehead atoms.